The van der Waals surface area contributed by atoms with Crippen molar-refractivity contribution in [3.05, 3.63) is 64.4 Å². The Hall–Kier alpha value is -2.07. The summed E-state index contributed by atoms with van der Waals surface area (Å²) >= 11 is 5.66. The van der Waals surface area contributed by atoms with Crippen molar-refractivity contribution in [2.75, 3.05) is 5.73 Å². The van der Waals surface area contributed by atoms with Gasteiger partial charge in [0.25, 0.3) is 5.91 Å². The molecule has 0 radical (unpaired) electrons. The number of amides is 1. The van der Waals surface area contributed by atoms with Crippen LogP contribution in [0.3, 0.4) is 0 Å². The van der Waals surface area contributed by atoms with Crippen molar-refractivity contribution in [1.82, 2.24) is 5.32 Å². The summed E-state index contributed by atoms with van der Waals surface area (Å²) in [6.07, 6.45) is 0. The normalized spacial score (nSPS) is 10.2. The second-order valence-corrected chi connectivity index (χ2v) is 4.46. The van der Waals surface area contributed by atoms with Crippen LogP contribution >= 0.6 is 11.6 Å². The third-order valence-corrected chi connectivity index (χ3v) is 2.88. The first-order chi connectivity index (χ1) is 9.06. The molecule has 0 aliphatic carbocycles. The van der Waals surface area contributed by atoms with Crippen LogP contribution in [-0.4, -0.2) is 5.91 Å². The standard InChI is InChI=1S/C14H12ClFN2O/c15-12-6-9(4-5-13(12)16)8-18-14(19)10-2-1-3-11(17)7-10/h1-7H,8,17H2,(H,18,19). The average Bonchev–Trinajstić information content (AvgIpc) is 2.40. The van der Waals surface area contributed by atoms with Gasteiger partial charge >= 0.3 is 0 Å². The fourth-order valence-corrected chi connectivity index (χ4v) is 1.82. The van der Waals surface area contributed by atoms with Crippen LogP contribution in [0.15, 0.2) is 42.5 Å². The third kappa shape index (κ3) is 3.45. The van der Waals surface area contributed by atoms with E-state index < -0.39 is 5.82 Å². The topological polar surface area (TPSA) is 55.1 Å². The van der Waals surface area contributed by atoms with Crippen molar-refractivity contribution >= 4 is 23.2 Å². The Kier molecular flexibility index (Phi) is 4.02. The molecule has 2 aromatic carbocycles. The number of hydrogen-bond acceptors (Lipinski definition) is 2. The molecule has 0 aliphatic rings. The molecule has 0 spiro atoms. The van der Waals surface area contributed by atoms with Crippen LogP contribution in [0.4, 0.5) is 10.1 Å². The molecule has 0 aromatic heterocycles. The Balaban J connectivity index is 2.02. The van der Waals surface area contributed by atoms with Crippen LogP contribution in [0.5, 0.6) is 0 Å². The van der Waals surface area contributed by atoms with Gasteiger partial charge in [-0.05, 0) is 35.9 Å². The first kappa shape index (κ1) is 13.4. The molecule has 0 saturated heterocycles. The molecule has 5 heteroatoms. The lowest BCUT2D eigenvalue weighted by Gasteiger charge is -2.06. The van der Waals surface area contributed by atoms with E-state index in [0.717, 1.165) is 5.56 Å². The maximum atomic E-state index is 13.0. The van der Waals surface area contributed by atoms with E-state index in [-0.39, 0.29) is 17.5 Å². The largest absolute Gasteiger partial charge is 0.399 e. The first-order valence-corrected chi connectivity index (χ1v) is 6.02. The highest BCUT2D eigenvalue weighted by atomic mass is 35.5. The van der Waals surface area contributed by atoms with Gasteiger partial charge < -0.3 is 11.1 Å². The minimum absolute atomic E-state index is 0.0377. The number of benzene rings is 2. The molecule has 1 amide bonds. The zero-order valence-electron chi connectivity index (χ0n) is 9.99. The van der Waals surface area contributed by atoms with Crippen LogP contribution in [0.2, 0.25) is 5.02 Å². The summed E-state index contributed by atoms with van der Waals surface area (Å²) in [5, 5.41) is 2.75. The summed E-state index contributed by atoms with van der Waals surface area (Å²) < 4.78 is 13.0. The van der Waals surface area contributed by atoms with E-state index in [4.69, 9.17) is 17.3 Å². The van der Waals surface area contributed by atoms with Crippen molar-refractivity contribution in [3.63, 3.8) is 0 Å². The quantitative estimate of drug-likeness (QED) is 0.848. The van der Waals surface area contributed by atoms with Gasteiger partial charge in [-0.3, -0.25) is 4.79 Å². The molecular weight excluding hydrogens is 267 g/mol. The molecule has 3 nitrogen and oxygen atoms in total. The van der Waals surface area contributed by atoms with Crippen LogP contribution in [-0.2, 0) is 6.54 Å². The van der Waals surface area contributed by atoms with Gasteiger partial charge in [0.15, 0.2) is 0 Å². The summed E-state index contributed by atoms with van der Waals surface area (Å²) in [4.78, 5) is 11.8. The van der Waals surface area contributed by atoms with Crippen molar-refractivity contribution in [1.29, 1.82) is 0 Å². The molecule has 0 fully saturated rings. The van der Waals surface area contributed by atoms with E-state index in [1.165, 1.54) is 12.1 Å². The summed E-state index contributed by atoms with van der Waals surface area (Å²) in [5.41, 5.74) is 7.33. The predicted octanol–water partition coefficient (Wildman–Crippen LogP) is 2.99. The average molecular weight is 279 g/mol. The summed E-state index contributed by atoms with van der Waals surface area (Å²) in [6.45, 7) is 0.271. The van der Waals surface area contributed by atoms with Crippen LogP contribution in [0.1, 0.15) is 15.9 Å². The van der Waals surface area contributed by atoms with E-state index in [1.54, 1.807) is 30.3 Å². The molecule has 0 atom stereocenters. The smallest absolute Gasteiger partial charge is 0.251 e. The van der Waals surface area contributed by atoms with Crippen molar-refractivity contribution < 1.29 is 9.18 Å². The Morgan fingerprint density at radius 3 is 2.74 bits per heavy atom. The number of anilines is 1. The lowest BCUT2D eigenvalue weighted by molar-refractivity contribution is 0.0951. The van der Waals surface area contributed by atoms with Crippen molar-refractivity contribution in [3.8, 4) is 0 Å². The van der Waals surface area contributed by atoms with Gasteiger partial charge in [-0.25, -0.2) is 4.39 Å². The molecular formula is C14H12ClFN2O. The zero-order chi connectivity index (χ0) is 13.8. The monoisotopic (exact) mass is 278 g/mol. The second kappa shape index (κ2) is 5.71. The number of carbonyl (C=O) groups excluding carboxylic acids is 1. The number of rotatable bonds is 3. The van der Waals surface area contributed by atoms with Gasteiger partial charge in [-0.1, -0.05) is 23.7 Å². The van der Waals surface area contributed by atoms with Gasteiger partial charge in [0.05, 0.1) is 5.02 Å². The molecule has 98 valence electrons. The Morgan fingerprint density at radius 1 is 1.26 bits per heavy atom. The zero-order valence-corrected chi connectivity index (χ0v) is 10.7. The number of halogens is 2. The molecule has 0 unspecified atom stereocenters. The summed E-state index contributed by atoms with van der Waals surface area (Å²) in [5.74, 6) is -0.722. The first-order valence-electron chi connectivity index (χ1n) is 5.64. The maximum Gasteiger partial charge on any atom is 0.251 e. The van der Waals surface area contributed by atoms with Crippen molar-refractivity contribution in [2.45, 2.75) is 6.54 Å². The molecule has 19 heavy (non-hydrogen) atoms. The van der Waals surface area contributed by atoms with Gasteiger partial charge in [0, 0.05) is 17.8 Å². The van der Waals surface area contributed by atoms with Gasteiger partial charge in [-0.2, -0.15) is 0 Å². The lowest BCUT2D eigenvalue weighted by atomic mass is 10.1. The number of nitrogens with one attached hydrogen (secondary N) is 1. The molecule has 3 N–H and O–H groups in total. The SMILES string of the molecule is Nc1cccc(C(=O)NCc2ccc(F)c(Cl)c2)c1. The van der Waals surface area contributed by atoms with E-state index in [1.807, 2.05) is 0 Å². The van der Waals surface area contributed by atoms with E-state index in [9.17, 15) is 9.18 Å². The highest BCUT2D eigenvalue weighted by Crippen LogP contribution is 2.16. The fraction of sp³-hybridized carbons (Fsp3) is 0.0714. The molecule has 2 rings (SSSR count). The summed E-state index contributed by atoms with van der Waals surface area (Å²) in [6, 6.07) is 11.0. The second-order valence-electron chi connectivity index (χ2n) is 4.06. The number of nitrogen functional groups attached to an aromatic ring is 1. The van der Waals surface area contributed by atoms with Gasteiger partial charge in [0.1, 0.15) is 5.82 Å². The maximum absolute atomic E-state index is 13.0. The molecule has 0 saturated carbocycles. The Morgan fingerprint density at radius 2 is 2.05 bits per heavy atom. The van der Waals surface area contributed by atoms with Gasteiger partial charge in [0.2, 0.25) is 0 Å². The number of carbonyl (C=O) groups is 1. The van der Waals surface area contributed by atoms with E-state index >= 15 is 0 Å². The third-order valence-electron chi connectivity index (χ3n) is 2.59. The molecule has 2 aromatic rings. The number of hydrogen-bond donors (Lipinski definition) is 2. The van der Waals surface area contributed by atoms with E-state index in [2.05, 4.69) is 5.32 Å². The van der Waals surface area contributed by atoms with Crippen molar-refractivity contribution in [2.24, 2.45) is 0 Å². The highest BCUT2D eigenvalue weighted by Gasteiger charge is 2.06. The Labute approximate surface area is 115 Å². The minimum Gasteiger partial charge on any atom is -0.399 e. The minimum atomic E-state index is -0.479. The molecule has 0 heterocycles. The molecule has 0 aliphatic heterocycles. The lowest BCUT2D eigenvalue weighted by Crippen LogP contribution is -2.22. The Bertz CT molecular complexity index is 616. The summed E-state index contributed by atoms with van der Waals surface area (Å²) in [7, 11) is 0. The van der Waals surface area contributed by atoms with Crippen LogP contribution < -0.4 is 11.1 Å². The highest BCUT2D eigenvalue weighted by molar-refractivity contribution is 6.30. The molecule has 0 bridgehead atoms. The van der Waals surface area contributed by atoms with Crippen LogP contribution in [0.25, 0.3) is 0 Å². The van der Waals surface area contributed by atoms with E-state index in [0.29, 0.717) is 11.3 Å². The van der Waals surface area contributed by atoms with Crippen LogP contribution in [0, 0.1) is 5.82 Å². The predicted molar refractivity (Wildman–Crippen MR) is 73.4 cm³/mol. The van der Waals surface area contributed by atoms with Gasteiger partial charge in [-0.15, -0.1) is 0 Å². The fourth-order valence-electron chi connectivity index (χ4n) is 1.61. The number of nitrogens with two attached hydrogens (primary N) is 1.